The summed E-state index contributed by atoms with van der Waals surface area (Å²) in [7, 11) is 0. The van der Waals surface area contributed by atoms with Crippen LogP contribution in [0, 0.1) is 0 Å². The largest absolute Gasteiger partial charge is 0.355 e. The van der Waals surface area contributed by atoms with E-state index in [9.17, 15) is 9.59 Å². The molecule has 0 aromatic heterocycles. The van der Waals surface area contributed by atoms with Gasteiger partial charge in [-0.1, -0.05) is 26.2 Å². The van der Waals surface area contributed by atoms with Gasteiger partial charge in [-0.15, -0.1) is 0 Å². The Balaban J connectivity index is 2.18. The van der Waals surface area contributed by atoms with Crippen LogP contribution in [0.4, 0.5) is 0 Å². The van der Waals surface area contributed by atoms with Crippen molar-refractivity contribution in [2.45, 2.75) is 64.5 Å². The van der Waals surface area contributed by atoms with Gasteiger partial charge in [0.25, 0.3) is 0 Å². The van der Waals surface area contributed by atoms with E-state index in [0.29, 0.717) is 12.6 Å². The quantitative estimate of drug-likeness (QED) is 0.644. The van der Waals surface area contributed by atoms with E-state index >= 15 is 0 Å². The molecule has 0 aromatic carbocycles. The van der Waals surface area contributed by atoms with E-state index in [1.165, 1.54) is 19.3 Å². The van der Waals surface area contributed by atoms with Gasteiger partial charge in [0.2, 0.25) is 11.8 Å². The fraction of sp³-hybridized carbons (Fsp3) is 0.857. The van der Waals surface area contributed by atoms with Crippen molar-refractivity contribution in [1.82, 2.24) is 16.0 Å². The molecule has 0 heterocycles. The monoisotopic (exact) mass is 269 g/mol. The Morgan fingerprint density at radius 2 is 1.89 bits per heavy atom. The van der Waals surface area contributed by atoms with Crippen molar-refractivity contribution in [3.8, 4) is 0 Å². The first-order valence-electron chi connectivity index (χ1n) is 7.44. The zero-order valence-electron chi connectivity index (χ0n) is 12.1. The van der Waals surface area contributed by atoms with Crippen LogP contribution in [-0.4, -0.2) is 37.0 Å². The van der Waals surface area contributed by atoms with Gasteiger partial charge in [-0.25, -0.2) is 0 Å². The van der Waals surface area contributed by atoms with Crippen LogP contribution in [0.1, 0.15) is 52.4 Å². The molecule has 0 aliphatic heterocycles. The predicted molar refractivity (Wildman–Crippen MR) is 75.8 cm³/mol. The summed E-state index contributed by atoms with van der Waals surface area (Å²) in [5.41, 5.74) is 0. The Morgan fingerprint density at radius 1 is 1.21 bits per heavy atom. The van der Waals surface area contributed by atoms with Crippen molar-refractivity contribution < 1.29 is 9.59 Å². The summed E-state index contributed by atoms with van der Waals surface area (Å²) in [6, 6.07) is -0.00581. The SMILES string of the molecule is CCCNC(=O)CNC(C)C(=O)NC1CCCCC1. The first-order valence-corrected chi connectivity index (χ1v) is 7.44. The summed E-state index contributed by atoms with van der Waals surface area (Å²) >= 11 is 0. The minimum atomic E-state index is -0.325. The summed E-state index contributed by atoms with van der Waals surface area (Å²) in [4.78, 5) is 23.3. The first-order chi connectivity index (χ1) is 9.13. The lowest BCUT2D eigenvalue weighted by molar-refractivity contribution is -0.124. The molecule has 0 bridgehead atoms. The topological polar surface area (TPSA) is 70.2 Å². The Kier molecular flexibility index (Phi) is 7.48. The van der Waals surface area contributed by atoms with E-state index in [2.05, 4.69) is 16.0 Å². The first kappa shape index (κ1) is 16.0. The second-order valence-electron chi connectivity index (χ2n) is 5.30. The molecule has 110 valence electrons. The molecule has 0 aromatic rings. The third-order valence-corrected chi connectivity index (χ3v) is 3.49. The maximum atomic E-state index is 11.9. The van der Waals surface area contributed by atoms with Gasteiger partial charge in [0.15, 0.2) is 0 Å². The molecule has 5 heteroatoms. The van der Waals surface area contributed by atoms with Gasteiger partial charge in [0.1, 0.15) is 0 Å². The molecule has 0 saturated heterocycles. The summed E-state index contributed by atoms with van der Waals surface area (Å²) in [5.74, 6) is -0.0608. The van der Waals surface area contributed by atoms with Crippen LogP contribution in [0.25, 0.3) is 0 Å². The summed E-state index contributed by atoms with van der Waals surface area (Å²) in [6.07, 6.45) is 6.75. The Bertz CT molecular complexity index is 288. The Hall–Kier alpha value is -1.10. The highest BCUT2D eigenvalue weighted by Gasteiger charge is 2.19. The maximum absolute atomic E-state index is 11.9. The molecule has 1 aliphatic rings. The number of carbonyl (C=O) groups excluding carboxylic acids is 2. The lowest BCUT2D eigenvalue weighted by Crippen LogP contribution is -2.49. The summed E-state index contributed by atoms with van der Waals surface area (Å²) in [6.45, 7) is 4.68. The molecular formula is C14H27N3O2. The zero-order chi connectivity index (χ0) is 14.1. The minimum Gasteiger partial charge on any atom is -0.355 e. The van der Waals surface area contributed by atoms with E-state index in [1.807, 2.05) is 6.92 Å². The van der Waals surface area contributed by atoms with Gasteiger partial charge in [0.05, 0.1) is 12.6 Å². The number of amides is 2. The fourth-order valence-electron chi connectivity index (χ4n) is 2.24. The van der Waals surface area contributed by atoms with Crippen LogP contribution in [-0.2, 0) is 9.59 Å². The highest BCUT2D eigenvalue weighted by atomic mass is 16.2. The van der Waals surface area contributed by atoms with Gasteiger partial charge < -0.3 is 10.6 Å². The number of hydrogen-bond donors (Lipinski definition) is 3. The average Bonchev–Trinajstić information content (AvgIpc) is 2.43. The third kappa shape index (κ3) is 6.57. The van der Waals surface area contributed by atoms with Crippen molar-refractivity contribution in [2.24, 2.45) is 0 Å². The second kappa shape index (κ2) is 8.91. The molecule has 1 rings (SSSR count). The number of hydrogen-bond acceptors (Lipinski definition) is 3. The highest BCUT2D eigenvalue weighted by Crippen LogP contribution is 2.17. The molecule has 0 spiro atoms. The Morgan fingerprint density at radius 3 is 2.53 bits per heavy atom. The number of nitrogens with one attached hydrogen (secondary N) is 3. The standard InChI is InChI=1S/C14H27N3O2/c1-3-9-15-13(18)10-16-11(2)14(19)17-12-7-5-4-6-8-12/h11-12,16H,3-10H2,1-2H3,(H,15,18)(H,17,19). The molecule has 0 radical (unpaired) electrons. The normalized spacial score (nSPS) is 17.8. The van der Waals surface area contributed by atoms with Crippen LogP contribution in [0.3, 0.4) is 0 Å². The molecule has 1 saturated carbocycles. The number of rotatable bonds is 7. The maximum Gasteiger partial charge on any atom is 0.237 e. The summed E-state index contributed by atoms with van der Waals surface area (Å²) < 4.78 is 0. The average molecular weight is 269 g/mol. The minimum absolute atomic E-state index is 0.00445. The van der Waals surface area contributed by atoms with E-state index in [-0.39, 0.29) is 24.4 Å². The van der Waals surface area contributed by atoms with E-state index in [4.69, 9.17) is 0 Å². The molecule has 1 aliphatic carbocycles. The van der Waals surface area contributed by atoms with E-state index < -0.39 is 0 Å². The van der Waals surface area contributed by atoms with Crippen molar-refractivity contribution in [2.75, 3.05) is 13.1 Å². The predicted octanol–water partition coefficient (Wildman–Crippen LogP) is 0.940. The van der Waals surface area contributed by atoms with Crippen molar-refractivity contribution in [3.05, 3.63) is 0 Å². The van der Waals surface area contributed by atoms with E-state index in [1.54, 1.807) is 6.92 Å². The molecular weight excluding hydrogens is 242 g/mol. The van der Waals surface area contributed by atoms with Gasteiger partial charge in [-0.2, -0.15) is 0 Å². The number of carbonyl (C=O) groups is 2. The van der Waals surface area contributed by atoms with Crippen LogP contribution < -0.4 is 16.0 Å². The molecule has 19 heavy (non-hydrogen) atoms. The smallest absolute Gasteiger partial charge is 0.237 e. The fourth-order valence-corrected chi connectivity index (χ4v) is 2.24. The highest BCUT2D eigenvalue weighted by molar-refractivity contribution is 5.83. The molecule has 5 nitrogen and oxygen atoms in total. The van der Waals surface area contributed by atoms with Gasteiger partial charge in [-0.05, 0) is 26.2 Å². The van der Waals surface area contributed by atoms with Crippen LogP contribution in [0.15, 0.2) is 0 Å². The summed E-state index contributed by atoms with van der Waals surface area (Å²) in [5, 5.41) is 8.78. The lowest BCUT2D eigenvalue weighted by atomic mass is 9.95. The van der Waals surface area contributed by atoms with Crippen molar-refractivity contribution in [3.63, 3.8) is 0 Å². The molecule has 1 fully saturated rings. The zero-order valence-corrected chi connectivity index (χ0v) is 12.1. The van der Waals surface area contributed by atoms with Gasteiger partial charge >= 0.3 is 0 Å². The van der Waals surface area contributed by atoms with Crippen molar-refractivity contribution >= 4 is 11.8 Å². The van der Waals surface area contributed by atoms with Crippen molar-refractivity contribution in [1.29, 1.82) is 0 Å². The lowest BCUT2D eigenvalue weighted by Gasteiger charge is -2.24. The second-order valence-corrected chi connectivity index (χ2v) is 5.30. The van der Waals surface area contributed by atoms with Crippen LogP contribution >= 0.6 is 0 Å². The Labute approximate surface area is 115 Å². The van der Waals surface area contributed by atoms with Crippen LogP contribution in [0.5, 0.6) is 0 Å². The van der Waals surface area contributed by atoms with Gasteiger partial charge in [0, 0.05) is 12.6 Å². The van der Waals surface area contributed by atoms with E-state index in [0.717, 1.165) is 19.3 Å². The van der Waals surface area contributed by atoms with Gasteiger partial charge in [-0.3, -0.25) is 14.9 Å². The molecule has 1 unspecified atom stereocenters. The molecule has 2 amide bonds. The molecule has 3 N–H and O–H groups in total. The third-order valence-electron chi connectivity index (χ3n) is 3.49. The van der Waals surface area contributed by atoms with Crippen LogP contribution in [0.2, 0.25) is 0 Å². The molecule has 1 atom stereocenters.